The van der Waals surface area contributed by atoms with Crippen molar-refractivity contribution in [3.63, 3.8) is 0 Å². The van der Waals surface area contributed by atoms with Gasteiger partial charge in [-0.15, -0.1) is 0 Å². The maximum absolute atomic E-state index is 12.3. The monoisotopic (exact) mass is 428 g/mol. The van der Waals surface area contributed by atoms with Gasteiger partial charge in [-0.05, 0) is 121 Å². The van der Waals surface area contributed by atoms with Gasteiger partial charge in [0, 0.05) is 0 Å². The van der Waals surface area contributed by atoms with Crippen molar-refractivity contribution >= 4 is 5.97 Å². The number of carboxylic acid groups (broad SMARTS) is 1. The van der Waals surface area contributed by atoms with Gasteiger partial charge >= 0.3 is 5.97 Å². The van der Waals surface area contributed by atoms with Crippen LogP contribution in [0.25, 0.3) is 0 Å². The summed E-state index contributed by atoms with van der Waals surface area (Å²) in [5.74, 6) is 2.86. The molecule has 5 fully saturated rings. The SMILES string of the molecule is C[C@H]1CC[C@@]2(C)C(CC[C@]3(C)C2CCC2C4C(C(=O)O)CC[C@]4(C)CC[C@]23C)C1(C)C. The van der Waals surface area contributed by atoms with Crippen molar-refractivity contribution in [3.05, 3.63) is 0 Å². The highest BCUT2D eigenvalue weighted by Gasteiger charge is 2.70. The second-order valence-corrected chi connectivity index (χ2v) is 14.6. The molecular weight excluding hydrogens is 380 g/mol. The predicted molar refractivity (Wildman–Crippen MR) is 127 cm³/mol. The Bertz CT molecular complexity index is 771. The first-order valence-electron chi connectivity index (χ1n) is 13.5. The molecule has 0 amide bonds. The lowest BCUT2D eigenvalue weighted by Gasteiger charge is -2.73. The van der Waals surface area contributed by atoms with E-state index in [4.69, 9.17) is 0 Å². The molecule has 5 unspecified atom stereocenters. The molecular formula is C29H48O2. The molecule has 10 atom stereocenters. The van der Waals surface area contributed by atoms with Crippen LogP contribution in [-0.2, 0) is 4.79 Å². The van der Waals surface area contributed by atoms with Crippen molar-refractivity contribution in [2.75, 3.05) is 0 Å². The van der Waals surface area contributed by atoms with Gasteiger partial charge < -0.3 is 5.11 Å². The Morgan fingerprint density at radius 2 is 1.45 bits per heavy atom. The molecule has 0 heterocycles. The average Bonchev–Trinajstić information content (AvgIpc) is 3.04. The van der Waals surface area contributed by atoms with Crippen molar-refractivity contribution in [2.45, 2.75) is 113 Å². The summed E-state index contributed by atoms with van der Waals surface area (Å²) in [6.07, 6.45) is 12.8. The van der Waals surface area contributed by atoms with Crippen LogP contribution in [0.4, 0.5) is 0 Å². The molecule has 0 aromatic carbocycles. The van der Waals surface area contributed by atoms with E-state index < -0.39 is 5.97 Å². The number of fused-ring (bicyclic) bond motifs is 7. The zero-order valence-electron chi connectivity index (χ0n) is 21.4. The third-order valence-electron chi connectivity index (χ3n) is 13.7. The fourth-order valence-electron chi connectivity index (χ4n) is 11.4. The van der Waals surface area contributed by atoms with E-state index in [2.05, 4.69) is 48.5 Å². The van der Waals surface area contributed by atoms with E-state index >= 15 is 0 Å². The number of aliphatic carboxylic acids is 1. The van der Waals surface area contributed by atoms with Crippen molar-refractivity contribution < 1.29 is 9.90 Å². The summed E-state index contributed by atoms with van der Waals surface area (Å²) in [6.45, 7) is 18.1. The normalized spacial score (nSPS) is 57.9. The van der Waals surface area contributed by atoms with Crippen LogP contribution in [0.3, 0.4) is 0 Å². The van der Waals surface area contributed by atoms with E-state index in [1.54, 1.807) is 0 Å². The van der Waals surface area contributed by atoms with Crippen molar-refractivity contribution in [2.24, 2.45) is 62.6 Å². The Morgan fingerprint density at radius 3 is 2.13 bits per heavy atom. The number of hydrogen-bond acceptors (Lipinski definition) is 1. The van der Waals surface area contributed by atoms with Gasteiger partial charge in [-0.1, -0.05) is 48.5 Å². The predicted octanol–water partition coefficient (Wildman–Crippen LogP) is 7.81. The third-order valence-corrected chi connectivity index (χ3v) is 13.7. The first-order chi connectivity index (χ1) is 14.3. The first kappa shape index (κ1) is 22.3. The lowest BCUT2D eigenvalue weighted by Crippen LogP contribution is -2.66. The maximum Gasteiger partial charge on any atom is 0.306 e. The Morgan fingerprint density at radius 1 is 0.742 bits per heavy atom. The highest BCUT2D eigenvalue weighted by atomic mass is 16.4. The van der Waals surface area contributed by atoms with Crippen LogP contribution in [0.5, 0.6) is 0 Å². The lowest BCUT2D eigenvalue weighted by molar-refractivity contribution is -0.241. The average molecular weight is 429 g/mol. The highest BCUT2D eigenvalue weighted by molar-refractivity contribution is 5.71. The van der Waals surface area contributed by atoms with Gasteiger partial charge in [0.1, 0.15) is 0 Å². The summed E-state index contributed by atoms with van der Waals surface area (Å²) >= 11 is 0. The number of carboxylic acids is 1. The summed E-state index contributed by atoms with van der Waals surface area (Å²) < 4.78 is 0. The minimum absolute atomic E-state index is 0.101. The van der Waals surface area contributed by atoms with Gasteiger partial charge in [0.15, 0.2) is 0 Å². The zero-order chi connectivity index (χ0) is 22.6. The molecule has 176 valence electrons. The summed E-state index contributed by atoms with van der Waals surface area (Å²) in [4.78, 5) is 12.3. The van der Waals surface area contributed by atoms with E-state index in [1.807, 2.05) is 0 Å². The minimum Gasteiger partial charge on any atom is -0.481 e. The van der Waals surface area contributed by atoms with Gasteiger partial charge in [0.05, 0.1) is 5.92 Å². The van der Waals surface area contributed by atoms with Crippen LogP contribution < -0.4 is 0 Å². The van der Waals surface area contributed by atoms with Crippen molar-refractivity contribution in [1.29, 1.82) is 0 Å². The molecule has 5 aliphatic rings. The third kappa shape index (κ3) is 2.60. The molecule has 0 saturated heterocycles. The lowest BCUT2D eigenvalue weighted by atomic mass is 9.32. The van der Waals surface area contributed by atoms with Crippen molar-refractivity contribution in [1.82, 2.24) is 0 Å². The second kappa shape index (κ2) is 6.53. The van der Waals surface area contributed by atoms with Gasteiger partial charge in [-0.3, -0.25) is 4.79 Å². The fourth-order valence-corrected chi connectivity index (χ4v) is 11.4. The summed E-state index contributed by atoms with van der Waals surface area (Å²) in [5.41, 5.74) is 1.83. The molecule has 5 aliphatic carbocycles. The number of carbonyl (C=O) groups is 1. The molecule has 0 spiro atoms. The standard InChI is InChI=1S/C29H48O2/c1-18-10-14-27(5)21(25(18,2)3)12-15-29(7)22(27)9-8-20-23-19(24(30)31)11-13-26(23,4)16-17-28(20,29)6/h18-23H,8-17H2,1-7H3,(H,30,31)/t18-,19?,20?,21?,22?,23?,26+,27-,28+,29+/m0/s1. The zero-order valence-corrected chi connectivity index (χ0v) is 21.4. The topological polar surface area (TPSA) is 37.3 Å². The summed E-state index contributed by atoms with van der Waals surface area (Å²) in [5, 5.41) is 10.1. The van der Waals surface area contributed by atoms with Crippen LogP contribution in [0, 0.1) is 62.6 Å². The molecule has 2 nitrogen and oxygen atoms in total. The smallest absolute Gasteiger partial charge is 0.306 e. The molecule has 1 N–H and O–H groups in total. The van der Waals surface area contributed by atoms with Gasteiger partial charge in [0.25, 0.3) is 0 Å². The van der Waals surface area contributed by atoms with Crippen LogP contribution in [0.1, 0.15) is 113 Å². The molecule has 31 heavy (non-hydrogen) atoms. The Kier molecular flexibility index (Phi) is 4.69. The molecule has 0 aliphatic heterocycles. The van der Waals surface area contributed by atoms with E-state index in [9.17, 15) is 9.90 Å². The fraction of sp³-hybridized carbons (Fsp3) is 0.966. The molecule has 0 aromatic rings. The molecule has 5 saturated carbocycles. The molecule has 0 bridgehead atoms. The van der Waals surface area contributed by atoms with Crippen LogP contribution >= 0.6 is 0 Å². The van der Waals surface area contributed by atoms with E-state index in [0.717, 1.165) is 30.6 Å². The Balaban J connectivity index is 1.54. The highest BCUT2D eigenvalue weighted by Crippen LogP contribution is 2.77. The number of rotatable bonds is 1. The van der Waals surface area contributed by atoms with E-state index in [0.29, 0.717) is 33.5 Å². The quantitative estimate of drug-likeness (QED) is 0.462. The summed E-state index contributed by atoms with van der Waals surface area (Å²) in [7, 11) is 0. The Hall–Kier alpha value is -0.530. The Labute approximate surface area is 191 Å². The van der Waals surface area contributed by atoms with Crippen LogP contribution in [0.15, 0.2) is 0 Å². The van der Waals surface area contributed by atoms with E-state index in [1.165, 1.54) is 51.4 Å². The first-order valence-corrected chi connectivity index (χ1v) is 13.5. The molecule has 5 rings (SSSR count). The second-order valence-electron chi connectivity index (χ2n) is 14.6. The van der Waals surface area contributed by atoms with Crippen molar-refractivity contribution in [3.8, 4) is 0 Å². The molecule has 2 heteroatoms. The van der Waals surface area contributed by atoms with E-state index in [-0.39, 0.29) is 11.3 Å². The largest absolute Gasteiger partial charge is 0.481 e. The van der Waals surface area contributed by atoms with Gasteiger partial charge in [-0.25, -0.2) is 0 Å². The van der Waals surface area contributed by atoms with Crippen LogP contribution in [0.2, 0.25) is 0 Å². The maximum atomic E-state index is 12.3. The van der Waals surface area contributed by atoms with Gasteiger partial charge in [0.2, 0.25) is 0 Å². The summed E-state index contributed by atoms with van der Waals surface area (Å²) in [6, 6.07) is 0. The minimum atomic E-state index is -0.510. The van der Waals surface area contributed by atoms with Crippen LogP contribution in [-0.4, -0.2) is 11.1 Å². The van der Waals surface area contributed by atoms with Gasteiger partial charge in [-0.2, -0.15) is 0 Å². The molecule has 0 radical (unpaired) electrons. The number of hydrogen-bond donors (Lipinski definition) is 1. The molecule has 0 aromatic heterocycles.